The third-order valence-corrected chi connectivity index (χ3v) is 9.60. The van der Waals surface area contributed by atoms with Crippen LogP contribution in [-0.2, 0) is 19.1 Å². The number of halogens is 1. The number of esters is 1. The molecule has 2 saturated heterocycles. The van der Waals surface area contributed by atoms with Gasteiger partial charge in [-0.15, -0.1) is 11.3 Å². The van der Waals surface area contributed by atoms with Gasteiger partial charge in [0.1, 0.15) is 11.6 Å². The number of fused-ring (bicyclic) bond motifs is 1. The Hall–Kier alpha value is -1.68. The summed E-state index contributed by atoms with van der Waals surface area (Å²) >= 11 is 1.40. The maximum atomic E-state index is 15.4. The molecule has 1 saturated carbocycles. The number of epoxide rings is 1. The zero-order chi connectivity index (χ0) is 27.0. The number of Topliss-reactive ketones (excluding diaryl/α,β-unsaturated/α-hetero) is 1. The van der Waals surface area contributed by atoms with Gasteiger partial charge in [-0.25, -0.2) is 9.37 Å². The standard InChI is InChI=1S/C28H40FNO6S/c1-5-19-25(33)16(2)8-6-9-27(4)23(36-27)13-21(20(29)12-18-15-37-17(3)30-18)35-24(32)14-22(31)28(26(19)34)10-7-11-28/h12,15-16,19,21-23,25,31,33H,5-11,13-14H2,1-4H3/t16-,19+,21-,22-,23-,25-,27?/m0/s1. The maximum Gasteiger partial charge on any atom is 0.309 e. The fourth-order valence-electron chi connectivity index (χ4n) is 6.06. The molecule has 1 unspecified atom stereocenters. The zero-order valence-electron chi connectivity index (χ0n) is 22.2. The average Bonchev–Trinajstić information content (AvgIpc) is 3.24. The Morgan fingerprint density at radius 3 is 2.59 bits per heavy atom. The van der Waals surface area contributed by atoms with Crippen molar-refractivity contribution in [2.45, 2.75) is 115 Å². The van der Waals surface area contributed by atoms with Crippen molar-refractivity contribution in [3.63, 3.8) is 0 Å². The van der Waals surface area contributed by atoms with Gasteiger partial charge in [-0.3, -0.25) is 9.59 Å². The topological polar surface area (TPSA) is 109 Å². The monoisotopic (exact) mass is 537 g/mol. The van der Waals surface area contributed by atoms with Crippen LogP contribution < -0.4 is 0 Å². The lowest BCUT2D eigenvalue weighted by Crippen LogP contribution is -2.53. The Balaban J connectivity index is 1.59. The lowest BCUT2D eigenvalue weighted by Gasteiger charge is -2.46. The number of ketones is 1. The Labute approximate surface area is 222 Å². The molecular weight excluding hydrogens is 497 g/mol. The highest BCUT2D eigenvalue weighted by molar-refractivity contribution is 7.09. The summed E-state index contributed by atoms with van der Waals surface area (Å²) in [4.78, 5) is 30.9. The third-order valence-electron chi connectivity index (χ3n) is 8.81. The second kappa shape index (κ2) is 11.2. The summed E-state index contributed by atoms with van der Waals surface area (Å²) in [7, 11) is 0. The molecule has 2 N–H and O–H groups in total. The Morgan fingerprint density at radius 1 is 1.27 bits per heavy atom. The lowest BCUT2D eigenvalue weighted by molar-refractivity contribution is -0.162. The first kappa shape index (κ1) is 28.3. The molecule has 0 bridgehead atoms. The van der Waals surface area contributed by atoms with Crippen molar-refractivity contribution < 1.29 is 33.7 Å². The van der Waals surface area contributed by atoms with E-state index in [2.05, 4.69) is 4.98 Å². The van der Waals surface area contributed by atoms with Crippen LogP contribution in [0.4, 0.5) is 4.39 Å². The number of ether oxygens (including phenoxy) is 2. The van der Waals surface area contributed by atoms with Crippen LogP contribution in [0.15, 0.2) is 11.2 Å². The van der Waals surface area contributed by atoms with E-state index in [4.69, 9.17) is 9.47 Å². The molecule has 1 aromatic heterocycles. The number of rotatable bonds is 3. The van der Waals surface area contributed by atoms with Crippen molar-refractivity contribution in [1.82, 2.24) is 4.98 Å². The predicted octanol–water partition coefficient (Wildman–Crippen LogP) is 4.92. The molecule has 4 rings (SSSR count). The lowest BCUT2D eigenvalue weighted by atomic mass is 9.58. The molecule has 2 aliphatic heterocycles. The van der Waals surface area contributed by atoms with E-state index in [1.807, 2.05) is 27.7 Å². The fraction of sp³-hybridized carbons (Fsp3) is 0.750. The van der Waals surface area contributed by atoms with E-state index in [1.54, 1.807) is 5.38 Å². The average molecular weight is 538 g/mol. The van der Waals surface area contributed by atoms with Crippen molar-refractivity contribution in [2.24, 2.45) is 17.3 Å². The van der Waals surface area contributed by atoms with Gasteiger partial charge in [0.2, 0.25) is 0 Å². The first-order valence-electron chi connectivity index (χ1n) is 13.6. The van der Waals surface area contributed by atoms with Crippen LogP contribution in [0, 0.1) is 24.2 Å². The van der Waals surface area contributed by atoms with Gasteiger partial charge in [-0.05, 0) is 57.9 Å². The predicted molar refractivity (Wildman–Crippen MR) is 138 cm³/mol. The van der Waals surface area contributed by atoms with Gasteiger partial charge in [0, 0.05) is 17.7 Å². The molecule has 0 amide bonds. The fourth-order valence-corrected chi connectivity index (χ4v) is 6.63. The van der Waals surface area contributed by atoms with E-state index in [-0.39, 0.29) is 24.2 Å². The molecular formula is C28H40FNO6S. The molecule has 1 spiro atoms. The summed E-state index contributed by atoms with van der Waals surface area (Å²) < 4.78 is 26.9. The van der Waals surface area contributed by atoms with E-state index >= 15 is 4.39 Å². The Bertz CT molecular complexity index is 1020. The number of nitrogens with zero attached hydrogens (tertiary/aromatic N) is 1. The van der Waals surface area contributed by atoms with E-state index in [9.17, 15) is 19.8 Å². The zero-order valence-corrected chi connectivity index (χ0v) is 23.1. The van der Waals surface area contributed by atoms with Gasteiger partial charge < -0.3 is 19.7 Å². The number of cyclic esters (lactones) is 1. The Kier molecular flexibility index (Phi) is 8.58. The Morgan fingerprint density at radius 2 is 2.00 bits per heavy atom. The molecule has 3 fully saturated rings. The van der Waals surface area contributed by atoms with Crippen molar-refractivity contribution in [2.75, 3.05) is 0 Å². The van der Waals surface area contributed by atoms with Gasteiger partial charge in [-0.1, -0.05) is 26.7 Å². The highest BCUT2D eigenvalue weighted by Gasteiger charge is 2.55. The normalized spacial score (nSPS) is 37.5. The minimum absolute atomic E-state index is 0.100. The van der Waals surface area contributed by atoms with E-state index in [1.165, 1.54) is 17.4 Å². The molecule has 0 aromatic carbocycles. The number of hydrogen-bond acceptors (Lipinski definition) is 8. The molecule has 7 atom stereocenters. The third kappa shape index (κ3) is 6.00. The maximum absolute atomic E-state index is 15.4. The van der Waals surface area contributed by atoms with Crippen LogP contribution in [0.5, 0.6) is 0 Å². The summed E-state index contributed by atoms with van der Waals surface area (Å²) in [6, 6.07) is 0. The highest BCUT2D eigenvalue weighted by atomic mass is 32.1. The van der Waals surface area contributed by atoms with Crippen molar-refractivity contribution in [3.05, 3.63) is 21.9 Å². The number of thiazole rings is 1. The molecule has 1 aromatic rings. The molecule has 1 aliphatic carbocycles. The molecule has 9 heteroatoms. The van der Waals surface area contributed by atoms with Crippen LogP contribution in [0.25, 0.3) is 6.08 Å². The number of aryl methyl sites for hydroxylation is 1. The van der Waals surface area contributed by atoms with Crippen molar-refractivity contribution in [3.8, 4) is 0 Å². The van der Waals surface area contributed by atoms with Crippen LogP contribution in [0.1, 0.15) is 89.3 Å². The van der Waals surface area contributed by atoms with E-state index < -0.39 is 53.5 Å². The van der Waals surface area contributed by atoms with Crippen molar-refractivity contribution in [1.29, 1.82) is 0 Å². The summed E-state index contributed by atoms with van der Waals surface area (Å²) in [5, 5.41) is 24.7. The van der Waals surface area contributed by atoms with Crippen LogP contribution in [0.2, 0.25) is 0 Å². The molecule has 37 heavy (non-hydrogen) atoms. The first-order valence-corrected chi connectivity index (χ1v) is 14.4. The number of aromatic nitrogens is 1. The van der Waals surface area contributed by atoms with Gasteiger partial charge in [0.25, 0.3) is 0 Å². The smallest absolute Gasteiger partial charge is 0.309 e. The molecule has 3 aliphatic rings. The number of hydrogen-bond donors (Lipinski definition) is 2. The van der Waals surface area contributed by atoms with Gasteiger partial charge >= 0.3 is 5.97 Å². The molecule has 0 radical (unpaired) electrons. The quantitative estimate of drug-likeness (QED) is 0.416. The minimum atomic E-state index is -1.25. The van der Waals surface area contributed by atoms with Crippen LogP contribution >= 0.6 is 11.3 Å². The minimum Gasteiger partial charge on any atom is -0.455 e. The second-order valence-electron chi connectivity index (χ2n) is 11.4. The van der Waals surface area contributed by atoms with Gasteiger partial charge in [0.15, 0.2) is 6.10 Å². The van der Waals surface area contributed by atoms with Crippen molar-refractivity contribution >= 4 is 29.2 Å². The summed E-state index contributed by atoms with van der Waals surface area (Å²) in [5.74, 6) is -2.26. The van der Waals surface area contributed by atoms with E-state index in [0.717, 1.165) is 30.7 Å². The SMILES string of the molecule is CC[C@H]1C(=O)C2(CCC2)[C@@H](O)CC(=O)O[C@H](C(F)=Cc2csc(C)n2)C[C@@H]2OC2(C)CCC[C@H](C)[C@@H]1O. The first-order chi connectivity index (χ1) is 17.5. The van der Waals surface area contributed by atoms with E-state index in [0.29, 0.717) is 25.0 Å². The molecule has 7 nitrogen and oxygen atoms in total. The number of aliphatic hydroxyl groups is 2. The summed E-state index contributed by atoms with van der Waals surface area (Å²) in [6.45, 7) is 7.62. The van der Waals surface area contributed by atoms with Crippen LogP contribution in [-0.4, -0.2) is 57.0 Å². The van der Waals surface area contributed by atoms with Gasteiger partial charge in [-0.2, -0.15) is 0 Å². The molecule has 206 valence electrons. The second-order valence-corrected chi connectivity index (χ2v) is 12.5. The van der Waals surface area contributed by atoms with Gasteiger partial charge in [0.05, 0.1) is 46.5 Å². The number of carbonyl (C=O) groups is 2. The summed E-state index contributed by atoms with van der Waals surface area (Å²) in [6.07, 6.45) is 1.91. The largest absolute Gasteiger partial charge is 0.455 e. The molecule has 3 heterocycles. The number of aliphatic hydroxyl groups excluding tert-OH is 2. The summed E-state index contributed by atoms with van der Waals surface area (Å²) in [5.41, 5.74) is -1.07. The van der Waals surface area contributed by atoms with Crippen LogP contribution in [0.3, 0.4) is 0 Å². The highest BCUT2D eigenvalue weighted by Crippen LogP contribution is 2.49. The number of carbonyl (C=O) groups excluding carboxylic acids is 2.